The molecule has 21 heavy (non-hydrogen) atoms. The Kier molecular flexibility index (Phi) is 3.96. The Morgan fingerprint density at radius 1 is 1.33 bits per heavy atom. The number of sulfone groups is 1. The molecule has 0 saturated carbocycles. The van der Waals surface area contributed by atoms with Crippen LogP contribution in [-0.4, -0.2) is 19.4 Å². The van der Waals surface area contributed by atoms with Gasteiger partial charge in [0.15, 0.2) is 9.84 Å². The number of furan rings is 1. The molecule has 1 saturated heterocycles. The van der Waals surface area contributed by atoms with E-state index in [1.54, 1.807) is 24.3 Å². The van der Waals surface area contributed by atoms with Gasteiger partial charge in [-0.3, -0.25) is 5.84 Å². The fourth-order valence-corrected chi connectivity index (χ4v) is 5.16. The molecule has 2 unspecified atom stereocenters. The molecule has 0 aliphatic carbocycles. The topological polar surface area (TPSA) is 85.3 Å². The van der Waals surface area contributed by atoms with Gasteiger partial charge in [-0.25, -0.2) is 13.8 Å². The van der Waals surface area contributed by atoms with Gasteiger partial charge in [-0.1, -0.05) is 18.0 Å². The summed E-state index contributed by atoms with van der Waals surface area (Å²) in [6, 6.07) is 6.55. The predicted octanol–water partition coefficient (Wildman–Crippen LogP) is 2.56. The maximum Gasteiger partial charge on any atom is 0.155 e. The molecule has 1 aromatic carbocycles. The zero-order valence-corrected chi connectivity index (χ0v) is 13.0. The molecule has 2 atom stereocenters. The summed E-state index contributed by atoms with van der Waals surface area (Å²) < 4.78 is 30.3. The van der Waals surface area contributed by atoms with Gasteiger partial charge in [0.1, 0.15) is 11.3 Å². The van der Waals surface area contributed by atoms with Crippen LogP contribution in [0.1, 0.15) is 31.1 Å². The molecule has 1 aliphatic heterocycles. The highest BCUT2D eigenvalue weighted by Gasteiger charge is 2.37. The normalized spacial score (nSPS) is 23.2. The Balaban J connectivity index is 2.01. The molecule has 2 aromatic rings. The van der Waals surface area contributed by atoms with E-state index in [9.17, 15) is 8.42 Å². The Morgan fingerprint density at radius 3 is 2.86 bits per heavy atom. The van der Waals surface area contributed by atoms with Crippen molar-refractivity contribution in [1.29, 1.82) is 0 Å². The van der Waals surface area contributed by atoms with Crippen LogP contribution < -0.4 is 11.3 Å². The lowest BCUT2D eigenvalue weighted by Crippen LogP contribution is -2.43. The highest BCUT2D eigenvalue weighted by atomic mass is 35.5. The van der Waals surface area contributed by atoms with Gasteiger partial charge in [-0.2, -0.15) is 0 Å². The fourth-order valence-electron chi connectivity index (χ4n) is 2.91. The van der Waals surface area contributed by atoms with Gasteiger partial charge in [0.2, 0.25) is 0 Å². The number of rotatable bonds is 3. The van der Waals surface area contributed by atoms with E-state index in [1.807, 2.05) is 0 Å². The number of halogens is 1. The lowest BCUT2D eigenvalue weighted by Gasteiger charge is -2.28. The van der Waals surface area contributed by atoms with Crippen molar-refractivity contribution in [2.45, 2.75) is 30.6 Å². The Hall–Kier alpha value is -1.08. The third-order valence-electron chi connectivity index (χ3n) is 3.98. The van der Waals surface area contributed by atoms with Crippen molar-refractivity contribution in [3.8, 4) is 0 Å². The van der Waals surface area contributed by atoms with Gasteiger partial charge in [0.25, 0.3) is 0 Å². The summed E-state index contributed by atoms with van der Waals surface area (Å²) in [5.41, 5.74) is 3.28. The maximum atomic E-state index is 12.3. The van der Waals surface area contributed by atoms with Crippen LogP contribution in [0.2, 0.25) is 5.02 Å². The molecule has 114 valence electrons. The molecule has 3 rings (SSSR count). The highest BCUT2D eigenvalue weighted by molar-refractivity contribution is 7.92. The Morgan fingerprint density at radius 2 is 2.14 bits per heavy atom. The Bertz CT molecular complexity index is 757. The van der Waals surface area contributed by atoms with Crippen LogP contribution in [0.15, 0.2) is 28.7 Å². The molecule has 1 fully saturated rings. The van der Waals surface area contributed by atoms with E-state index in [-0.39, 0.29) is 5.75 Å². The molecule has 3 N–H and O–H groups in total. The first kappa shape index (κ1) is 14.8. The van der Waals surface area contributed by atoms with Crippen LogP contribution in [0.4, 0.5) is 0 Å². The minimum atomic E-state index is -3.16. The molecule has 0 bridgehead atoms. The zero-order valence-electron chi connectivity index (χ0n) is 11.4. The minimum Gasteiger partial charge on any atom is -0.459 e. The van der Waals surface area contributed by atoms with Gasteiger partial charge in [0, 0.05) is 10.4 Å². The molecule has 2 heterocycles. The van der Waals surface area contributed by atoms with Crippen molar-refractivity contribution in [3.05, 3.63) is 35.0 Å². The Labute approximate surface area is 128 Å². The van der Waals surface area contributed by atoms with Crippen LogP contribution in [0, 0.1) is 0 Å². The third-order valence-corrected chi connectivity index (χ3v) is 6.51. The first-order valence-corrected chi connectivity index (χ1v) is 8.97. The number of fused-ring (bicyclic) bond motifs is 1. The number of hydrogen-bond donors (Lipinski definition) is 2. The number of hydrazine groups is 1. The van der Waals surface area contributed by atoms with Crippen LogP contribution in [0.3, 0.4) is 0 Å². The van der Waals surface area contributed by atoms with E-state index < -0.39 is 21.1 Å². The first-order valence-electron chi connectivity index (χ1n) is 6.88. The second kappa shape index (κ2) is 5.61. The second-order valence-electron chi connectivity index (χ2n) is 5.38. The number of benzene rings is 1. The van der Waals surface area contributed by atoms with E-state index in [4.69, 9.17) is 21.9 Å². The van der Waals surface area contributed by atoms with E-state index in [1.165, 1.54) is 0 Å². The smallest absolute Gasteiger partial charge is 0.155 e. The SMILES string of the molecule is NNC(c1cc2cc(Cl)ccc2o1)C1CCCCS1(=O)=O. The second-order valence-corrected chi connectivity index (χ2v) is 8.15. The summed E-state index contributed by atoms with van der Waals surface area (Å²) in [6.45, 7) is 0. The monoisotopic (exact) mass is 328 g/mol. The van der Waals surface area contributed by atoms with Crippen LogP contribution >= 0.6 is 11.6 Å². The van der Waals surface area contributed by atoms with Gasteiger partial charge in [-0.05, 0) is 37.1 Å². The summed E-state index contributed by atoms with van der Waals surface area (Å²) in [5, 5.41) is 0.899. The van der Waals surface area contributed by atoms with E-state index in [0.29, 0.717) is 29.2 Å². The van der Waals surface area contributed by atoms with E-state index >= 15 is 0 Å². The zero-order chi connectivity index (χ0) is 15.0. The number of nitrogens with two attached hydrogens (primary N) is 1. The molecular weight excluding hydrogens is 312 g/mol. The lowest BCUT2D eigenvalue weighted by molar-refractivity contribution is 0.393. The molecule has 0 spiro atoms. The molecule has 1 aromatic heterocycles. The van der Waals surface area contributed by atoms with Crippen molar-refractivity contribution in [3.63, 3.8) is 0 Å². The van der Waals surface area contributed by atoms with Crippen LogP contribution in [-0.2, 0) is 9.84 Å². The third kappa shape index (κ3) is 2.81. The molecule has 5 nitrogen and oxygen atoms in total. The summed E-state index contributed by atoms with van der Waals surface area (Å²) in [4.78, 5) is 0. The number of nitrogens with one attached hydrogen (secondary N) is 1. The van der Waals surface area contributed by atoms with Gasteiger partial charge in [0.05, 0.1) is 17.0 Å². The lowest BCUT2D eigenvalue weighted by atomic mass is 10.1. The first-order chi connectivity index (χ1) is 10.0. The van der Waals surface area contributed by atoms with Crippen molar-refractivity contribution >= 4 is 32.4 Å². The molecular formula is C14H17ClN2O3S. The fraction of sp³-hybridized carbons (Fsp3) is 0.429. The van der Waals surface area contributed by atoms with Gasteiger partial charge >= 0.3 is 0 Å². The van der Waals surface area contributed by atoms with E-state index in [0.717, 1.165) is 11.8 Å². The largest absolute Gasteiger partial charge is 0.459 e. The van der Waals surface area contributed by atoms with E-state index in [2.05, 4.69) is 5.43 Å². The quantitative estimate of drug-likeness (QED) is 0.668. The minimum absolute atomic E-state index is 0.210. The van der Waals surface area contributed by atoms with Gasteiger partial charge < -0.3 is 4.42 Å². The average Bonchev–Trinajstić information content (AvgIpc) is 2.84. The van der Waals surface area contributed by atoms with Crippen LogP contribution in [0.25, 0.3) is 11.0 Å². The molecule has 1 aliphatic rings. The summed E-state index contributed by atoms with van der Waals surface area (Å²) >= 11 is 5.96. The standard InChI is InChI=1S/C14H17ClN2O3S/c15-10-4-5-11-9(7-10)8-12(20-11)14(17-16)13-3-1-2-6-21(13,18)19/h4-5,7-8,13-14,17H,1-3,6,16H2. The highest BCUT2D eigenvalue weighted by Crippen LogP contribution is 2.33. The number of hydrogen-bond acceptors (Lipinski definition) is 5. The van der Waals surface area contributed by atoms with Crippen molar-refractivity contribution in [2.24, 2.45) is 5.84 Å². The molecule has 7 heteroatoms. The maximum absolute atomic E-state index is 12.3. The van der Waals surface area contributed by atoms with Crippen LogP contribution in [0.5, 0.6) is 0 Å². The van der Waals surface area contributed by atoms with Gasteiger partial charge in [-0.15, -0.1) is 0 Å². The predicted molar refractivity (Wildman–Crippen MR) is 82.7 cm³/mol. The summed E-state index contributed by atoms with van der Waals surface area (Å²) in [7, 11) is -3.16. The van der Waals surface area contributed by atoms with Crippen molar-refractivity contribution < 1.29 is 12.8 Å². The van der Waals surface area contributed by atoms with Crippen molar-refractivity contribution in [1.82, 2.24) is 5.43 Å². The molecule has 0 radical (unpaired) electrons. The molecule has 0 amide bonds. The summed E-state index contributed by atoms with van der Waals surface area (Å²) in [6.07, 6.45) is 2.19. The average molecular weight is 329 g/mol. The summed E-state index contributed by atoms with van der Waals surface area (Å²) in [5.74, 6) is 6.35. The van der Waals surface area contributed by atoms with Crippen molar-refractivity contribution in [2.75, 3.05) is 5.75 Å².